The van der Waals surface area contributed by atoms with Gasteiger partial charge in [0.15, 0.2) is 0 Å². The summed E-state index contributed by atoms with van der Waals surface area (Å²) in [6, 6.07) is 7.69. The standard InChI is InChI=1S/C19H29N3O2/c20-18(16-7-11-24-12-8-16)19(23)21-17-6-4-5-15(13-17)14-22-9-2-1-3-10-22/h4-6,13,16,18H,1-3,7-12,14,20H2,(H,21,23). The summed E-state index contributed by atoms with van der Waals surface area (Å²) in [6.45, 7) is 4.71. The normalized spacial score (nSPS) is 21.4. The van der Waals surface area contributed by atoms with E-state index in [2.05, 4.69) is 22.3 Å². The van der Waals surface area contributed by atoms with Crippen molar-refractivity contribution in [1.82, 2.24) is 4.90 Å². The van der Waals surface area contributed by atoms with Gasteiger partial charge in [0.25, 0.3) is 0 Å². The van der Waals surface area contributed by atoms with Crippen LogP contribution in [0.2, 0.25) is 0 Å². The molecule has 0 aromatic heterocycles. The van der Waals surface area contributed by atoms with Gasteiger partial charge < -0.3 is 15.8 Å². The molecule has 5 heteroatoms. The van der Waals surface area contributed by atoms with Gasteiger partial charge in [-0.15, -0.1) is 0 Å². The number of nitrogens with one attached hydrogen (secondary N) is 1. The minimum absolute atomic E-state index is 0.0861. The van der Waals surface area contributed by atoms with E-state index in [1.807, 2.05) is 12.1 Å². The number of amides is 1. The molecular formula is C19H29N3O2. The molecule has 0 spiro atoms. The van der Waals surface area contributed by atoms with Gasteiger partial charge in [-0.25, -0.2) is 0 Å². The Hall–Kier alpha value is -1.43. The number of carbonyl (C=O) groups excluding carboxylic acids is 1. The van der Waals surface area contributed by atoms with E-state index in [9.17, 15) is 4.79 Å². The van der Waals surface area contributed by atoms with Crippen LogP contribution in [0, 0.1) is 5.92 Å². The maximum Gasteiger partial charge on any atom is 0.241 e. The lowest BCUT2D eigenvalue weighted by molar-refractivity contribution is -0.119. The lowest BCUT2D eigenvalue weighted by Gasteiger charge is -2.27. The smallest absolute Gasteiger partial charge is 0.241 e. The van der Waals surface area contributed by atoms with E-state index in [0.29, 0.717) is 13.2 Å². The van der Waals surface area contributed by atoms with Crippen LogP contribution in [0.25, 0.3) is 0 Å². The molecule has 132 valence electrons. The number of anilines is 1. The monoisotopic (exact) mass is 331 g/mol. The zero-order chi connectivity index (χ0) is 16.8. The summed E-state index contributed by atoms with van der Waals surface area (Å²) in [5.41, 5.74) is 8.24. The Labute approximate surface area is 144 Å². The molecule has 1 atom stereocenters. The van der Waals surface area contributed by atoms with E-state index in [0.717, 1.165) is 25.1 Å². The van der Waals surface area contributed by atoms with E-state index in [1.54, 1.807) is 0 Å². The summed E-state index contributed by atoms with van der Waals surface area (Å²) in [5.74, 6) is 0.132. The number of benzene rings is 1. The summed E-state index contributed by atoms with van der Waals surface area (Å²) in [4.78, 5) is 14.9. The fraction of sp³-hybridized carbons (Fsp3) is 0.632. The van der Waals surface area contributed by atoms with Gasteiger partial charge in [0, 0.05) is 25.4 Å². The Balaban J connectivity index is 1.56. The average molecular weight is 331 g/mol. The highest BCUT2D eigenvalue weighted by Gasteiger charge is 2.26. The van der Waals surface area contributed by atoms with Crippen LogP contribution >= 0.6 is 0 Å². The lowest BCUT2D eigenvalue weighted by Crippen LogP contribution is -2.44. The molecule has 2 saturated heterocycles. The van der Waals surface area contributed by atoms with Crippen molar-refractivity contribution in [3.05, 3.63) is 29.8 Å². The van der Waals surface area contributed by atoms with Crippen LogP contribution in [-0.4, -0.2) is 43.2 Å². The summed E-state index contributed by atoms with van der Waals surface area (Å²) >= 11 is 0. The highest BCUT2D eigenvalue weighted by atomic mass is 16.5. The van der Waals surface area contributed by atoms with Gasteiger partial charge in [-0.3, -0.25) is 9.69 Å². The van der Waals surface area contributed by atoms with Crippen molar-refractivity contribution in [2.24, 2.45) is 11.7 Å². The fourth-order valence-corrected chi connectivity index (χ4v) is 3.64. The van der Waals surface area contributed by atoms with Crippen LogP contribution in [0.15, 0.2) is 24.3 Å². The quantitative estimate of drug-likeness (QED) is 0.869. The van der Waals surface area contributed by atoms with Crippen LogP contribution in [0.5, 0.6) is 0 Å². The Morgan fingerprint density at radius 3 is 2.75 bits per heavy atom. The molecule has 24 heavy (non-hydrogen) atoms. The second-order valence-electron chi connectivity index (χ2n) is 7.00. The molecule has 5 nitrogen and oxygen atoms in total. The Morgan fingerprint density at radius 2 is 2.00 bits per heavy atom. The lowest BCUT2D eigenvalue weighted by atomic mass is 9.92. The highest BCUT2D eigenvalue weighted by molar-refractivity contribution is 5.94. The van der Waals surface area contributed by atoms with Crippen LogP contribution in [0.1, 0.15) is 37.7 Å². The van der Waals surface area contributed by atoms with E-state index in [1.165, 1.54) is 37.9 Å². The van der Waals surface area contributed by atoms with Gasteiger partial charge in [0.1, 0.15) is 0 Å². The molecule has 1 aromatic carbocycles. The van der Waals surface area contributed by atoms with Gasteiger partial charge in [-0.2, -0.15) is 0 Å². The number of rotatable bonds is 5. The first-order valence-electron chi connectivity index (χ1n) is 9.18. The van der Waals surface area contributed by atoms with Gasteiger partial charge in [-0.05, 0) is 62.4 Å². The van der Waals surface area contributed by atoms with E-state index < -0.39 is 6.04 Å². The third-order valence-electron chi connectivity index (χ3n) is 5.13. The van der Waals surface area contributed by atoms with Crippen LogP contribution < -0.4 is 11.1 Å². The molecule has 2 aliphatic heterocycles. The molecule has 2 fully saturated rings. The number of nitrogens with two attached hydrogens (primary N) is 1. The molecule has 3 N–H and O–H groups in total. The molecule has 3 rings (SSSR count). The number of ether oxygens (including phenoxy) is 1. The Kier molecular flexibility index (Phi) is 6.24. The van der Waals surface area contributed by atoms with Gasteiger partial charge >= 0.3 is 0 Å². The molecule has 1 unspecified atom stereocenters. The van der Waals surface area contributed by atoms with Crippen LogP contribution in [0.4, 0.5) is 5.69 Å². The molecule has 2 aliphatic rings. The summed E-state index contributed by atoms with van der Waals surface area (Å²) in [6.07, 6.45) is 5.65. The average Bonchev–Trinajstić information content (AvgIpc) is 2.63. The number of piperidine rings is 1. The van der Waals surface area contributed by atoms with E-state index in [-0.39, 0.29) is 11.8 Å². The molecular weight excluding hydrogens is 302 g/mol. The van der Waals surface area contributed by atoms with Crippen molar-refractivity contribution < 1.29 is 9.53 Å². The van der Waals surface area contributed by atoms with Crippen molar-refractivity contribution in [3.63, 3.8) is 0 Å². The van der Waals surface area contributed by atoms with Gasteiger partial charge in [-0.1, -0.05) is 18.6 Å². The van der Waals surface area contributed by atoms with Crippen LogP contribution in [0.3, 0.4) is 0 Å². The zero-order valence-electron chi connectivity index (χ0n) is 14.4. The molecule has 1 amide bonds. The molecule has 0 saturated carbocycles. The molecule has 0 radical (unpaired) electrons. The Bertz CT molecular complexity index is 537. The first kappa shape index (κ1) is 17.4. The zero-order valence-corrected chi connectivity index (χ0v) is 14.4. The summed E-state index contributed by atoms with van der Waals surface area (Å²) in [7, 11) is 0. The highest BCUT2D eigenvalue weighted by Crippen LogP contribution is 2.20. The molecule has 0 bridgehead atoms. The third kappa shape index (κ3) is 4.79. The second kappa shape index (κ2) is 8.60. The predicted octanol–water partition coefficient (Wildman–Crippen LogP) is 2.36. The number of likely N-dealkylation sites (tertiary alicyclic amines) is 1. The second-order valence-corrected chi connectivity index (χ2v) is 7.00. The third-order valence-corrected chi connectivity index (χ3v) is 5.13. The number of hydrogen-bond donors (Lipinski definition) is 2. The maximum absolute atomic E-state index is 12.4. The minimum atomic E-state index is -0.459. The van der Waals surface area contributed by atoms with Crippen molar-refractivity contribution in [3.8, 4) is 0 Å². The molecule has 0 aliphatic carbocycles. The van der Waals surface area contributed by atoms with Crippen molar-refractivity contribution in [1.29, 1.82) is 0 Å². The minimum Gasteiger partial charge on any atom is -0.381 e. The SMILES string of the molecule is NC(C(=O)Nc1cccc(CN2CCCCC2)c1)C1CCOCC1. The number of nitrogens with zero attached hydrogens (tertiary/aromatic N) is 1. The summed E-state index contributed by atoms with van der Waals surface area (Å²) < 4.78 is 5.34. The fourth-order valence-electron chi connectivity index (χ4n) is 3.64. The Morgan fingerprint density at radius 1 is 1.25 bits per heavy atom. The molecule has 1 aromatic rings. The number of hydrogen-bond acceptors (Lipinski definition) is 4. The summed E-state index contributed by atoms with van der Waals surface area (Å²) in [5, 5.41) is 2.99. The van der Waals surface area contributed by atoms with E-state index in [4.69, 9.17) is 10.5 Å². The largest absolute Gasteiger partial charge is 0.381 e. The first-order valence-corrected chi connectivity index (χ1v) is 9.18. The van der Waals surface area contributed by atoms with Crippen molar-refractivity contribution in [2.75, 3.05) is 31.6 Å². The van der Waals surface area contributed by atoms with Crippen LogP contribution in [-0.2, 0) is 16.1 Å². The predicted molar refractivity (Wildman–Crippen MR) is 95.7 cm³/mol. The topological polar surface area (TPSA) is 67.6 Å². The maximum atomic E-state index is 12.4. The van der Waals surface area contributed by atoms with E-state index >= 15 is 0 Å². The van der Waals surface area contributed by atoms with Crippen molar-refractivity contribution in [2.45, 2.75) is 44.7 Å². The van der Waals surface area contributed by atoms with Gasteiger partial charge in [0.05, 0.1) is 6.04 Å². The number of carbonyl (C=O) groups is 1. The van der Waals surface area contributed by atoms with Crippen molar-refractivity contribution >= 4 is 11.6 Å². The first-order chi connectivity index (χ1) is 11.7. The van der Waals surface area contributed by atoms with Gasteiger partial charge in [0.2, 0.25) is 5.91 Å². The molecule has 2 heterocycles.